The molecule has 0 amide bonds. The minimum Gasteiger partial charge on any atom is -0.477 e. The van der Waals surface area contributed by atoms with Gasteiger partial charge in [-0.2, -0.15) is 22.0 Å². The Morgan fingerprint density at radius 3 is 1.89 bits per heavy atom. The molecular weight excluding hydrogens is 261 g/mol. The molecule has 0 radical (unpaired) electrons. The van der Waals surface area contributed by atoms with E-state index in [0.717, 1.165) is 12.1 Å². The van der Waals surface area contributed by atoms with E-state index in [-0.39, 0.29) is 0 Å². The first-order valence-electron chi connectivity index (χ1n) is 4.60. The highest BCUT2D eigenvalue weighted by Crippen LogP contribution is 2.33. The molecule has 1 rings (SSSR count). The lowest BCUT2D eigenvalue weighted by atomic mass is 10.00. The largest absolute Gasteiger partial charge is 0.477 e. The second-order valence-corrected chi connectivity index (χ2v) is 3.53. The SMILES string of the molecule is NC(c1ccc(C(F)(F)F)cc1)C(F)(F)C(=O)O. The topological polar surface area (TPSA) is 63.3 Å². The van der Waals surface area contributed by atoms with Gasteiger partial charge in [-0.05, 0) is 17.7 Å². The minimum atomic E-state index is -4.60. The maximum Gasteiger partial charge on any atom is 0.416 e. The number of halogens is 5. The van der Waals surface area contributed by atoms with E-state index in [1.807, 2.05) is 0 Å². The monoisotopic (exact) mass is 269 g/mol. The molecule has 100 valence electrons. The lowest BCUT2D eigenvalue weighted by molar-refractivity contribution is -0.168. The number of hydrogen-bond donors (Lipinski definition) is 2. The van der Waals surface area contributed by atoms with Gasteiger partial charge in [0.1, 0.15) is 6.04 Å². The minimum absolute atomic E-state index is 0.393. The molecular formula is C10H8F5NO2. The normalized spacial score (nSPS) is 14.3. The first kappa shape index (κ1) is 14.4. The summed E-state index contributed by atoms with van der Waals surface area (Å²) in [5.41, 5.74) is 3.60. The fourth-order valence-corrected chi connectivity index (χ4v) is 1.22. The zero-order chi connectivity index (χ0) is 14.1. The van der Waals surface area contributed by atoms with Gasteiger partial charge < -0.3 is 10.8 Å². The van der Waals surface area contributed by atoms with E-state index in [2.05, 4.69) is 0 Å². The summed E-state index contributed by atoms with van der Waals surface area (Å²) in [6.07, 6.45) is -4.60. The fourth-order valence-electron chi connectivity index (χ4n) is 1.22. The molecule has 3 N–H and O–H groups in total. The van der Waals surface area contributed by atoms with Gasteiger partial charge in [-0.1, -0.05) is 12.1 Å². The van der Waals surface area contributed by atoms with Crippen LogP contribution in [0.3, 0.4) is 0 Å². The zero-order valence-electron chi connectivity index (χ0n) is 8.71. The molecule has 0 saturated carbocycles. The smallest absolute Gasteiger partial charge is 0.416 e. The fraction of sp³-hybridized carbons (Fsp3) is 0.300. The van der Waals surface area contributed by atoms with Crippen LogP contribution in [0.4, 0.5) is 22.0 Å². The summed E-state index contributed by atoms with van der Waals surface area (Å²) in [5.74, 6) is -6.69. The highest BCUT2D eigenvalue weighted by Gasteiger charge is 2.46. The molecule has 0 aliphatic heterocycles. The van der Waals surface area contributed by atoms with Crippen LogP contribution in [0, 0.1) is 0 Å². The van der Waals surface area contributed by atoms with Gasteiger partial charge in [0.05, 0.1) is 5.56 Å². The third kappa shape index (κ3) is 2.76. The number of alkyl halides is 5. The van der Waals surface area contributed by atoms with Crippen molar-refractivity contribution in [1.82, 2.24) is 0 Å². The number of hydrogen-bond acceptors (Lipinski definition) is 2. The predicted molar refractivity (Wildman–Crippen MR) is 51.0 cm³/mol. The van der Waals surface area contributed by atoms with E-state index >= 15 is 0 Å². The molecule has 1 aromatic rings. The van der Waals surface area contributed by atoms with Crippen LogP contribution in [0.5, 0.6) is 0 Å². The van der Waals surface area contributed by atoms with E-state index in [4.69, 9.17) is 10.8 Å². The number of carbonyl (C=O) groups is 1. The summed E-state index contributed by atoms with van der Waals surface area (Å²) >= 11 is 0. The van der Waals surface area contributed by atoms with Gasteiger partial charge in [0.25, 0.3) is 0 Å². The third-order valence-electron chi connectivity index (χ3n) is 2.27. The maximum absolute atomic E-state index is 13.0. The Balaban J connectivity index is 3.03. The number of nitrogens with two attached hydrogens (primary N) is 1. The van der Waals surface area contributed by atoms with E-state index in [9.17, 15) is 26.7 Å². The summed E-state index contributed by atoms with van der Waals surface area (Å²) in [6.45, 7) is 0. The summed E-state index contributed by atoms with van der Waals surface area (Å²) in [4.78, 5) is 10.3. The standard InChI is InChI=1S/C10H8F5NO2/c11-9(12,8(17)18)7(16)5-1-3-6(4-2-5)10(13,14)15/h1-4,7H,16H2,(H,17,18). The molecule has 0 spiro atoms. The van der Waals surface area contributed by atoms with Crippen molar-refractivity contribution < 1.29 is 31.9 Å². The molecule has 1 unspecified atom stereocenters. The molecule has 1 aromatic carbocycles. The number of aliphatic carboxylic acids is 1. The van der Waals surface area contributed by atoms with Gasteiger partial charge in [-0.15, -0.1) is 0 Å². The van der Waals surface area contributed by atoms with Gasteiger partial charge >= 0.3 is 18.1 Å². The van der Waals surface area contributed by atoms with Crippen molar-refractivity contribution in [3.05, 3.63) is 35.4 Å². The van der Waals surface area contributed by atoms with Crippen molar-refractivity contribution in [2.75, 3.05) is 0 Å². The van der Waals surface area contributed by atoms with E-state index in [0.29, 0.717) is 12.1 Å². The van der Waals surface area contributed by atoms with Crippen LogP contribution in [0.15, 0.2) is 24.3 Å². The van der Waals surface area contributed by atoms with Crippen LogP contribution in [-0.2, 0) is 11.0 Å². The molecule has 1 atom stereocenters. The summed E-state index contributed by atoms with van der Waals surface area (Å²) in [6, 6.07) is 0.367. The highest BCUT2D eigenvalue weighted by atomic mass is 19.4. The molecule has 0 aliphatic carbocycles. The predicted octanol–water partition coefficient (Wildman–Crippen LogP) is 2.43. The third-order valence-corrected chi connectivity index (χ3v) is 2.27. The molecule has 0 bridgehead atoms. The Bertz CT molecular complexity index is 441. The van der Waals surface area contributed by atoms with E-state index in [1.54, 1.807) is 0 Å². The van der Waals surface area contributed by atoms with E-state index < -0.39 is 35.2 Å². The van der Waals surface area contributed by atoms with Crippen molar-refractivity contribution in [2.45, 2.75) is 18.1 Å². The molecule has 0 saturated heterocycles. The van der Waals surface area contributed by atoms with Crippen molar-refractivity contribution in [3.63, 3.8) is 0 Å². The van der Waals surface area contributed by atoms with Crippen molar-refractivity contribution in [2.24, 2.45) is 5.73 Å². The van der Waals surface area contributed by atoms with Crippen LogP contribution in [-0.4, -0.2) is 17.0 Å². The van der Waals surface area contributed by atoms with Crippen LogP contribution in [0.25, 0.3) is 0 Å². The van der Waals surface area contributed by atoms with E-state index in [1.165, 1.54) is 0 Å². The Hall–Kier alpha value is -1.70. The van der Waals surface area contributed by atoms with Gasteiger partial charge in [0.15, 0.2) is 0 Å². The average Bonchev–Trinajstić information content (AvgIpc) is 2.26. The molecule has 3 nitrogen and oxygen atoms in total. The Labute approximate surface area is 98.0 Å². The summed E-state index contributed by atoms with van der Waals surface area (Å²) < 4.78 is 62.7. The highest BCUT2D eigenvalue weighted by molar-refractivity contribution is 5.76. The lowest BCUT2D eigenvalue weighted by Gasteiger charge is -2.20. The second-order valence-electron chi connectivity index (χ2n) is 3.53. The van der Waals surface area contributed by atoms with Crippen molar-refractivity contribution in [3.8, 4) is 0 Å². The Morgan fingerprint density at radius 2 is 1.56 bits per heavy atom. The molecule has 18 heavy (non-hydrogen) atoms. The second kappa shape index (κ2) is 4.52. The number of carboxylic acid groups (broad SMARTS) is 1. The quantitative estimate of drug-likeness (QED) is 0.828. The number of rotatable bonds is 3. The Kier molecular flexibility index (Phi) is 3.61. The first-order valence-corrected chi connectivity index (χ1v) is 4.60. The summed E-state index contributed by atoms with van der Waals surface area (Å²) in [5, 5.41) is 8.25. The number of benzene rings is 1. The van der Waals surface area contributed by atoms with Crippen LogP contribution < -0.4 is 5.73 Å². The van der Waals surface area contributed by atoms with Gasteiger partial charge in [0, 0.05) is 0 Å². The van der Waals surface area contributed by atoms with Crippen LogP contribution in [0.1, 0.15) is 17.2 Å². The van der Waals surface area contributed by atoms with Crippen LogP contribution >= 0.6 is 0 Å². The molecule has 0 fully saturated rings. The molecule has 0 aliphatic rings. The van der Waals surface area contributed by atoms with Crippen LogP contribution in [0.2, 0.25) is 0 Å². The Morgan fingerprint density at radius 1 is 1.11 bits per heavy atom. The van der Waals surface area contributed by atoms with Crippen molar-refractivity contribution in [1.29, 1.82) is 0 Å². The zero-order valence-corrected chi connectivity index (χ0v) is 8.71. The van der Waals surface area contributed by atoms with Crippen molar-refractivity contribution >= 4 is 5.97 Å². The molecule has 0 heterocycles. The lowest BCUT2D eigenvalue weighted by Crippen LogP contribution is -2.40. The average molecular weight is 269 g/mol. The van der Waals surface area contributed by atoms with Gasteiger partial charge in [0.2, 0.25) is 0 Å². The van der Waals surface area contributed by atoms with Gasteiger partial charge in [-0.25, -0.2) is 4.79 Å². The first-order chi connectivity index (χ1) is 8.06. The maximum atomic E-state index is 13.0. The number of carboxylic acids is 1. The van der Waals surface area contributed by atoms with Gasteiger partial charge in [-0.3, -0.25) is 0 Å². The molecule has 8 heteroatoms. The molecule has 0 aromatic heterocycles. The summed E-state index contributed by atoms with van der Waals surface area (Å²) in [7, 11) is 0.